The molecule has 2 unspecified atom stereocenters. The van der Waals surface area contributed by atoms with Gasteiger partial charge in [-0.2, -0.15) is 26.3 Å². The van der Waals surface area contributed by atoms with E-state index in [2.05, 4.69) is 5.32 Å². The van der Waals surface area contributed by atoms with Crippen molar-refractivity contribution in [3.05, 3.63) is 138 Å². The van der Waals surface area contributed by atoms with Crippen molar-refractivity contribution in [1.29, 1.82) is 0 Å². The number of sulfonamides is 1. The van der Waals surface area contributed by atoms with Crippen molar-refractivity contribution in [1.82, 2.24) is 9.62 Å². The summed E-state index contributed by atoms with van der Waals surface area (Å²) in [5, 5.41) is 24.0. The summed E-state index contributed by atoms with van der Waals surface area (Å²) in [5.74, 6) is -1.18. The molecule has 2 fully saturated rings. The number of anilines is 2. The number of benzene rings is 5. The Morgan fingerprint density at radius 2 is 1.43 bits per heavy atom. The second kappa shape index (κ2) is 20.4. The fraction of sp³-hybridized carbons (Fsp3) is 0.319. The van der Waals surface area contributed by atoms with E-state index in [4.69, 9.17) is 0 Å². The minimum atomic E-state index is -6.19. The predicted molar refractivity (Wildman–Crippen MR) is 245 cm³/mol. The van der Waals surface area contributed by atoms with Crippen LogP contribution in [-0.2, 0) is 26.0 Å². The number of carbonyl (C=O) groups is 2. The largest absolute Gasteiger partial charge is 0.501 e. The summed E-state index contributed by atoms with van der Waals surface area (Å²) >= 11 is 1.30. The van der Waals surface area contributed by atoms with E-state index in [1.807, 2.05) is 9.62 Å². The molecular weight excluding hydrogens is 959 g/mol. The van der Waals surface area contributed by atoms with Crippen molar-refractivity contribution in [3.63, 3.8) is 0 Å². The van der Waals surface area contributed by atoms with Gasteiger partial charge in [-0.3, -0.25) is 4.79 Å². The number of aliphatic hydroxyl groups excluding tert-OH is 1. The molecule has 0 spiro atoms. The Morgan fingerprint density at radius 3 is 2.06 bits per heavy atom. The van der Waals surface area contributed by atoms with Crippen LogP contribution < -0.4 is 14.9 Å². The Labute approximate surface area is 393 Å². The monoisotopic (exact) mass is 1000 g/mol. The first kappa shape index (κ1) is 50.1. The first-order valence-corrected chi connectivity index (χ1v) is 25.3. The molecule has 7 rings (SSSR count). The number of likely N-dealkylation sites (tertiary alicyclic amines) is 1. The third kappa shape index (κ3) is 11.6. The molecule has 4 N–H and O–H groups in total. The van der Waals surface area contributed by atoms with E-state index in [0.29, 0.717) is 67.2 Å². The molecule has 3 atom stereocenters. The molecule has 2 amide bonds. The van der Waals surface area contributed by atoms with E-state index in [9.17, 15) is 63.0 Å². The number of carboxylic acid groups (broad SMARTS) is 1. The number of carbonyl (C=O) groups excluding carboxylic acids is 1. The van der Waals surface area contributed by atoms with Gasteiger partial charge in [-0.25, -0.2) is 26.4 Å². The highest BCUT2D eigenvalue weighted by Gasteiger charge is 2.49. The van der Waals surface area contributed by atoms with Crippen molar-refractivity contribution >= 4 is 55.0 Å². The number of halogens is 6. The third-order valence-corrected chi connectivity index (χ3v) is 16.1. The number of rotatable bonds is 15. The zero-order valence-corrected chi connectivity index (χ0v) is 38.4. The van der Waals surface area contributed by atoms with E-state index in [-0.39, 0.29) is 30.2 Å². The van der Waals surface area contributed by atoms with Gasteiger partial charge in [0.25, 0.3) is 25.8 Å². The highest BCUT2D eigenvalue weighted by molar-refractivity contribution is 7.99. The van der Waals surface area contributed by atoms with Crippen LogP contribution in [0.25, 0.3) is 11.1 Å². The van der Waals surface area contributed by atoms with E-state index < -0.39 is 82.8 Å². The molecule has 21 heteroatoms. The standard InChI is InChI=1S/C47H46F6N4O8S3/c48-46(49,50)33-16-12-30(13-17-33)39-10-4-5-11-40(39)43(58)31-22-25-56(26-23-31)35-18-14-32(15-19-35)44(59)55-68(64,65)38-20-21-41(42(28-38)67(62,63)47(51,52)53)54-34(29-66-37-8-2-1-3-9-37)27-36-7-6-24-57(36)45(60)61/h1-5,8-21,28,31,34,36,43,54,58H,6-7,22-27,29H2,(H,55,59)(H,60,61)/t34?,36?,43-/m1/s1. The molecule has 2 aliphatic heterocycles. The summed E-state index contributed by atoms with van der Waals surface area (Å²) in [7, 11) is -11.2. The minimum absolute atomic E-state index is 0.0973. The molecule has 362 valence electrons. The zero-order valence-electron chi connectivity index (χ0n) is 36.0. The molecule has 0 saturated carbocycles. The van der Waals surface area contributed by atoms with Gasteiger partial charge in [0, 0.05) is 53.6 Å². The lowest BCUT2D eigenvalue weighted by molar-refractivity contribution is -0.137. The first-order valence-electron chi connectivity index (χ1n) is 21.4. The molecule has 2 aliphatic rings. The lowest BCUT2D eigenvalue weighted by atomic mass is 9.84. The topological polar surface area (TPSA) is 173 Å². The summed E-state index contributed by atoms with van der Waals surface area (Å²) in [6.45, 7) is 1.21. The van der Waals surface area contributed by atoms with Gasteiger partial charge in [0.1, 0.15) is 4.90 Å². The van der Waals surface area contributed by atoms with Crippen LogP contribution in [0.15, 0.2) is 136 Å². The molecule has 0 radical (unpaired) electrons. The van der Waals surface area contributed by atoms with Crippen LogP contribution in [0.3, 0.4) is 0 Å². The quantitative estimate of drug-likeness (QED) is 0.0581. The molecule has 0 aromatic heterocycles. The fourth-order valence-electron chi connectivity index (χ4n) is 8.55. The number of amides is 2. The number of hydrogen-bond donors (Lipinski definition) is 4. The Bertz CT molecular complexity index is 2810. The van der Waals surface area contributed by atoms with Crippen molar-refractivity contribution in [2.75, 3.05) is 35.6 Å². The SMILES string of the molecule is O=C(NS(=O)(=O)c1ccc(NC(CSc2ccccc2)CC2CCCN2C(=O)O)c(S(=O)(=O)C(F)(F)F)c1)c1ccc(N2CCC([C@@H](O)c3ccccc3-c3ccc(C(F)(F)F)cc3)CC2)cc1. The van der Waals surface area contributed by atoms with Gasteiger partial charge in [-0.1, -0.05) is 54.6 Å². The summed E-state index contributed by atoms with van der Waals surface area (Å²) in [6.07, 6.45) is -4.41. The average molecular weight is 1010 g/mol. The van der Waals surface area contributed by atoms with Gasteiger partial charge in [-0.05, 0) is 121 Å². The molecule has 68 heavy (non-hydrogen) atoms. The predicted octanol–water partition coefficient (Wildman–Crippen LogP) is 9.84. The Hall–Kier alpha value is -5.77. The Balaban J connectivity index is 1.03. The van der Waals surface area contributed by atoms with E-state index in [1.54, 1.807) is 66.7 Å². The highest BCUT2D eigenvalue weighted by Crippen LogP contribution is 2.40. The summed E-state index contributed by atoms with van der Waals surface area (Å²) in [6, 6.07) is 27.2. The fourth-order valence-corrected chi connectivity index (χ4v) is 11.5. The van der Waals surface area contributed by atoms with Gasteiger partial charge < -0.3 is 25.3 Å². The molecule has 0 bridgehead atoms. The molecule has 2 heterocycles. The maximum absolute atomic E-state index is 14.2. The zero-order chi connectivity index (χ0) is 49.0. The number of piperidine rings is 1. The van der Waals surface area contributed by atoms with Crippen molar-refractivity contribution < 1.29 is 63.0 Å². The maximum atomic E-state index is 14.2. The van der Waals surface area contributed by atoms with Gasteiger partial charge in [0.2, 0.25) is 0 Å². The molecular formula is C47H46F6N4O8S3. The van der Waals surface area contributed by atoms with Crippen molar-refractivity contribution in [2.45, 2.75) is 76.7 Å². The van der Waals surface area contributed by atoms with Crippen LogP contribution in [0.1, 0.15) is 59.7 Å². The number of nitrogens with one attached hydrogen (secondary N) is 2. The number of sulfone groups is 1. The van der Waals surface area contributed by atoms with Gasteiger partial charge in [0.15, 0.2) is 0 Å². The number of alkyl halides is 6. The third-order valence-electron chi connectivity index (χ3n) is 12.1. The second-order valence-corrected chi connectivity index (χ2v) is 21.2. The van der Waals surface area contributed by atoms with Crippen molar-refractivity contribution in [2.24, 2.45) is 5.92 Å². The van der Waals surface area contributed by atoms with Crippen LogP contribution >= 0.6 is 11.8 Å². The first-order chi connectivity index (χ1) is 32.1. The Morgan fingerprint density at radius 1 is 0.779 bits per heavy atom. The average Bonchev–Trinajstić information content (AvgIpc) is 3.79. The van der Waals surface area contributed by atoms with Crippen LogP contribution in [0.2, 0.25) is 0 Å². The van der Waals surface area contributed by atoms with E-state index in [0.717, 1.165) is 29.2 Å². The van der Waals surface area contributed by atoms with Gasteiger partial charge >= 0.3 is 17.8 Å². The smallest absolute Gasteiger partial charge is 0.465 e. The van der Waals surface area contributed by atoms with E-state index >= 15 is 0 Å². The van der Waals surface area contributed by atoms with Crippen molar-refractivity contribution in [3.8, 4) is 11.1 Å². The van der Waals surface area contributed by atoms with E-state index in [1.165, 1.54) is 40.9 Å². The Kier molecular flexibility index (Phi) is 15.1. The number of thioether (sulfide) groups is 1. The van der Waals surface area contributed by atoms with Crippen LogP contribution in [0.4, 0.5) is 42.5 Å². The summed E-state index contributed by atoms with van der Waals surface area (Å²) in [4.78, 5) is 26.9. The van der Waals surface area contributed by atoms with Gasteiger partial charge in [0.05, 0.1) is 22.3 Å². The lowest BCUT2D eigenvalue weighted by Gasteiger charge is -2.36. The number of aliphatic hydroxyl groups is 1. The highest BCUT2D eigenvalue weighted by atomic mass is 32.2. The van der Waals surface area contributed by atoms with Gasteiger partial charge in [-0.15, -0.1) is 11.8 Å². The maximum Gasteiger partial charge on any atom is 0.501 e. The lowest BCUT2D eigenvalue weighted by Crippen LogP contribution is -2.39. The summed E-state index contributed by atoms with van der Waals surface area (Å²) in [5.41, 5.74) is -4.96. The van der Waals surface area contributed by atoms with Crippen LogP contribution in [0.5, 0.6) is 0 Å². The minimum Gasteiger partial charge on any atom is -0.465 e. The molecule has 5 aromatic rings. The molecule has 5 aromatic carbocycles. The number of hydrogen-bond acceptors (Lipinski definition) is 10. The molecule has 12 nitrogen and oxygen atoms in total. The number of nitrogens with zero attached hydrogens (tertiary/aromatic N) is 2. The van der Waals surface area contributed by atoms with Crippen LogP contribution in [0, 0.1) is 5.92 Å². The van der Waals surface area contributed by atoms with Crippen LogP contribution in [-0.4, -0.2) is 86.9 Å². The molecule has 2 saturated heterocycles. The molecule has 0 aliphatic carbocycles. The summed E-state index contributed by atoms with van der Waals surface area (Å²) < 4.78 is 137. The second-order valence-electron chi connectivity index (χ2n) is 16.5. The normalized spacial score (nSPS) is 17.1.